The van der Waals surface area contributed by atoms with Crippen molar-refractivity contribution in [3.8, 4) is 0 Å². The molecule has 1 aromatic heterocycles. The van der Waals surface area contributed by atoms with E-state index in [4.69, 9.17) is 9.72 Å². The molecule has 5 heteroatoms. The van der Waals surface area contributed by atoms with E-state index in [1.807, 2.05) is 12.3 Å². The number of carbonyl (C=O) groups excluding carboxylic acids is 2. The summed E-state index contributed by atoms with van der Waals surface area (Å²) in [6.07, 6.45) is 6.79. The molecule has 5 fully saturated rings. The molecule has 1 saturated heterocycles. The molecule has 1 aromatic carbocycles. The normalized spacial score (nSPS) is 37.7. The average Bonchev–Trinajstić information content (AvgIpc) is 2.76. The van der Waals surface area contributed by atoms with Crippen molar-refractivity contribution in [3.05, 3.63) is 42.1 Å². The molecule has 5 aliphatic rings. The topological polar surface area (TPSA) is 59.5 Å². The van der Waals surface area contributed by atoms with E-state index in [2.05, 4.69) is 43.0 Å². The van der Waals surface area contributed by atoms with Crippen LogP contribution in [0.5, 0.6) is 0 Å². The number of pyridine rings is 1. The van der Waals surface area contributed by atoms with Crippen molar-refractivity contribution >= 4 is 22.8 Å². The molecule has 31 heavy (non-hydrogen) atoms. The summed E-state index contributed by atoms with van der Waals surface area (Å²) < 4.78 is 5.24. The first kappa shape index (κ1) is 19.3. The van der Waals surface area contributed by atoms with Crippen molar-refractivity contribution < 1.29 is 14.3 Å². The molecule has 7 rings (SSSR count). The molecular formula is C26H30N2O3. The van der Waals surface area contributed by atoms with E-state index >= 15 is 0 Å². The molecule has 162 valence electrons. The Balaban J connectivity index is 1.41. The molecule has 1 aliphatic heterocycles. The number of ether oxygens (including phenoxy) is 1. The number of para-hydroxylation sites is 1. The molecule has 1 amide bonds. The Morgan fingerprint density at radius 1 is 1.10 bits per heavy atom. The van der Waals surface area contributed by atoms with Gasteiger partial charge in [0.2, 0.25) is 5.91 Å². The highest BCUT2D eigenvalue weighted by Crippen LogP contribution is 2.65. The summed E-state index contributed by atoms with van der Waals surface area (Å²) in [4.78, 5) is 33.1. The lowest BCUT2D eigenvalue weighted by Crippen LogP contribution is -2.70. The van der Waals surface area contributed by atoms with E-state index in [1.165, 1.54) is 7.11 Å². The van der Waals surface area contributed by atoms with Gasteiger partial charge < -0.3 is 9.64 Å². The van der Waals surface area contributed by atoms with Crippen molar-refractivity contribution in [2.45, 2.75) is 58.0 Å². The van der Waals surface area contributed by atoms with Crippen molar-refractivity contribution in [1.82, 2.24) is 9.88 Å². The van der Waals surface area contributed by atoms with Crippen LogP contribution in [0, 0.1) is 28.6 Å². The third kappa shape index (κ3) is 2.46. The Morgan fingerprint density at radius 2 is 1.81 bits per heavy atom. The predicted molar refractivity (Wildman–Crippen MR) is 117 cm³/mol. The maximum Gasteiger partial charge on any atom is 0.311 e. The minimum absolute atomic E-state index is 0.0233. The highest BCUT2D eigenvalue weighted by molar-refractivity contribution is 5.93. The lowest BCUT2D eigenvalue weighted by molar-refractivity contribution is -0.203. The van der Waals surface area contributed by atoms with Crippen molar-refractivity contribution in [1.29, 1.82) is 0 Å². The number of esters is 1. The van der Waals surface area contributed by atoms with Gasteiger partial charge in [-0.15, -0.1) is 0 Å². The number of rotatable bonds is 3. The molecular weight excluding hydrogens is 388 g/mol. The van der Waals surface area contributed by atoms with E-state index in [-0.39, 0.29) is 29.4 Å². The van der Waals surface area contributed by atoms with Gasteiger partial charge in [-0.3, -0.25) is 14.6 Å². The number of β-lactam (4-membered cyclic amide) rings is 1. The summed E-state index contributed by atoms with van der Waals surface area (Å²) in [6.45, 7) is 4.15. The van der Waals surface area contributed by atoms with Crippen molar-refractivity contribution in [2.75, 3.05) is 7.11 Å². The van der Waals surface area contributed by atoms with Crippen LogP contribution in [-0.4, -0.2) is 34.9 Å². The highest BCUT2D eigenvalue weighted by Gasteiger charge is 2.66. The lowest BCUT2D eigenvalue weighted by Gasteiger charge is -2.66. The number of carbonyl (C=O) groups is 2. The summed E-state index contributed by atoms with van der Waals surface area (Å²) in [5, 5.41) is 1.12. The fraction of sp³-hybridized carbons (Fsp3) is 0.577. The zero-order valence-electron chi connectivity index (χ0n) is 18.5. The van der Waals surface area contributed by atoms with Crippen LogP contribution in [0.4, 0.5) is 0 Å². The third-order valence-corrected chi connectivity index (χ3v) is 8.87. The molecule has 2 heterocycles. The van der Waals surface area contributed by atoms with E-state index in [0.717, 1.165) is 48.6 Å². The minimum atomic E-state index is -0.444. The molecule has 3 unspecified atom stereocenters. The smallest absolute Gasteiger partial charge is 0.311 e. The van der Waals surface area contributed by atoms with Gasteiger partial charge in [0.1, 0.15) is 0 Å². The standard InChI is InChI=1S/C26H30N2O3/c1-25(2)22(19-8-4-6-16-7-5-9-27-20(16)19)28(23(25)29)21-17-10-15-11-18(21)14-26(12-15,13-17)24(30)31-3/h4-9,15,17-18,21-22H,10-14H2,1-3H3/t15?,17-,18?,21-,22?,26-/m0/s1. The van der Waals surface area contributed by atoms with Crippen LogP contribution in [0.3, 0.4) is 0 Å². The van der Waals surface area contributed by atoms with Gasteiger partial charge in [0.05, 0.1) is 29.5 Å². The quantitative estimate of drug-likeness (QED) is 0.543. The number of aromatic nitrogens is 1. The second-order valence-electron chi connectivity index (χ2n) is 11.0. The largest absolute Gasteiger partial charge is 0.469 e. The van der Waals surface area contributed by atoms with E-state index < -0.39 is 5.41 Å². The number of amides is 1. The van der Waals surface area contributed by atoms with Crippen LogP contribution >= 0.6 is 0 Å². The molecule has 4 saturated carbocycles. The maximum absolute atomic E-state index is 13.5. The third-order valence-electron chi connectivity index (χ3n) is 8.87. The van der Waals surface area contributed by atoms with Gasteiger partial charge in [-0.05, 0) is 69.8 Å². The second kappa shape index (κ2) is 6.30. The maximum atomic E-state index is 13.5. The van der Waals surface area contributed by atoms with E-state index in [0.29, 0.717) is 17.8 Å². The van der Waals surface area contributed by atoms with Crippen molar-refractivity contribution in [2.24, 2.45) is 28.6 Å². The zero-order chi connectivity index (χ0) is 21.5. The van der Waals surface area contributed by atoms with Crippen LogP contribution in [0.1, 0.15) is 57.6 Å². The van der Waals surface area contributed by atoms with Crippen LogP contribution in [0.2, 0.25) is 0 Å². The van der Waals surface area contributed by atoms with Gasteiger partial charge in [0.25, 0.3) is 0 Å². The number of fused-ring (bicyclic) bond motifs is 1. The van der Waals surface area contributed by atoms with Gasteiger partial charge in [-0.25, -0.2) is 0 Å². The summed E-state index contributed by atoms with van der Waals surface area (Å²) >= 11 is 0. The van der Waals surface area contributed by atoms with Gasteiger partial charge in [-0.2, -0.15) is 0 Å². The number of likely N-dealkylation sites (tertiary alicyclic amines) is 1. The molecule has 2 aromatic rings. The average molecular weight is 419 g/mol. The summed E-state index contributed by atoms with van der Waals surface area (Å²) in [6, 6.07) is 10.6. The first-order valence-electron chi connectivity index (χ1n) is 11.6. The summed E-state index contributed by atoms with van der Waals surface area (Å²) in [7, 11) is 1.52. The Morgan fingerprint density at radius 3 is 2.52 bits per heavy atom. The molecule has 0 spiro atoms. The van der Waals surface area contributed by atoms with Crippen LogP contribution < -0.4 is 0 Å². The summed E-state index contributed by atoms with van der Waals surface area (Å²) in [5.74, 6) is 1.58. The molecule has 0 radical (unpaired) electrons. The summed E-state index contributed by atoms with van der Waals surface area (Å²) in [5.41, 5.74) is 1.39. The number of hydrogen-bond acceptors (Lipinski definition) is 4. The molecule has 4 bridgehead atoms. The SMILES string of the molecule is COC(=O)[C@]12CC3CC(C1)[C@@H](N1C(=O)C(C)(C)C1c1cccc4cccnc14)[C@@H](C3)C2. The Kier molecular flexibility index (Phi) is 3.92. The van der Waals surface area contributed by atoms with E-state index in [1.54, 1.807) is 0 Å². The fourth-order valence-corrected chi connectivity index (χ4v) is 7.96. The minimum Gasteiger partial charge on any atom is -0.469 e. The first-order valence-corrected chi connectivity index (χ1v) is 11.6. The fourth-order valence-electron chi connectivity index (χ4n) is 7.96. The Labute approximate surface area is 183 Å². The highest BCUT2D eigenvalue weighted by atomic mass is 16.5. The second-order valence-corrected chi connectivity index (χ2v) is 11.0. The monoisotopic (exact) mass is 418 g/mol. The first-order chi connectivity index (χ1) is 14.9. The number of nitrogens with zero attached hydrogens (tertiary/aromatic N) is 2. The Hall–Kier alpha value is -2.43. The number of methoxy groups -OCH3 is 1. The predicted octanol–water partition coefficient (Wildman–Crippen LogP) is 4.51. The number of hydrogen-bond donors (Lipinski definition) is 0. The van der Waals surface area contributed by atoms with Crippen LogP contribution in [0.25, 0.3) is 10.9 Å². The lowest BCUT2D eigenvalue weighted by atomic mass is 9.47. The number of benzene rings is 1. The van der Waals surface area contributed by atoms with Gasteiger partial charge in [0.15, 0.2) is 0 Å². The zero-order valence-corrected chi connectivity index (χ0v) is 18.5. The Bertz CT molecular complexity index is 1070. The van der Waals surface area contributed by atoms with Gasteiger partial charge in [-0.1, -0.05) is 24.3 Å². The van der Waals surface area contributed by atoms with E-state index in [9.17, 15) is 9.59 Å². The van der Waals surface area contributed by atoms with Gasteiger partial charge >= 0.3 is 5.97 Å². The molecule has 0 N–H and O–H groups in total. The van der Waals surface area contributed by atoms with Crippen LogP contribution in [0.15, 0.2) is 36.5 Å². The van der Waals surface area contributed by atoms with Crippen LogP contribution in [-0.2, 0) is 14.3 Å². The molecule has 4 aliphatic carbocycles. The molecule has 5 nitrogen and oxygen atoms in total. The van der Waals surface area contributed by atoms with Gasteiger partial charge in [0, 0.05) is 23.2 Å². The van der Waals surface area contributed by atoms with Crippen molar-refractivity contribution in [3.63, 3.8) is 0 Å². The molecule has 6 atom stereocenters.